The topological polar surface area (TPSA) is 49.4 Å². The molecule has 1 heterocycles. The van der Waals surface area contributed by atoms with Gasteiger partial charge in [-0.05, 0) is 44.4 Å². The van der Waals surface area contributed by atoms with E-state index in [-0.39, 0.29) is 0 Å². The van der Waals surface area contributed by atoms with E-state index in [0.29, 0.717) is 23.8 Å². The van der Waals surface area contributed by atoms with E-state index in [1.165, 1.54) is 38.4 Å². The highest BCUT2D eigenvalue weighted by Crippen LogP contribution is 2.38. The van der Waals surface area contributed by atoms with Gasteiger partial charge in [0.25, 0.3) is 0 Å². The van der Waals surface area contributed by atoms with Gasteiger partial charge in [0, 0.05) is 24.4 Å². The third-order valence-electron chi connectivity index (χ3n) is 5.03. The Labute approximate surface area is 134 Å². The van der Waals surface area contributed by atoms with Gasteiger partial charge in [-0.1, -0.05) is 19.3 Å². The van der Waals surface area contributed by atoms with Crippen LogP contribution in [0.1, 0.15) is 44.9 Å². The molecule has 2 fully saturated rings. The maximum Gasteiger partial charge on any atom is 0.211 e. The molecule has 1 saturated carbocycles. The molecule has 1 aliphatic heterocycles. The van der Waals surface area contributed by atoms with E-state index < -0.39 is 10.0 Å². The Morgan fingerprint density at radius 3 is 2.57 bits per heavy atom. The van der Waals surface area contributed by atoms with Crippen molar-refractivity contribution in [3.05, 3.63) is 0 Å². The highest BCUT2D eigenvalue weighted by atomic mass is 32.2. The molecule has 2 aliphatic rings. The van der Waals surface area contributed by atoms with Gasteiger partial charge in [-0.2, -0.15) is 11.8 Å². The van der Waals surface area contributed by atoms with E-state index in [4.69, 9.17) is 0 Å². The van der Waals surface area contributed by atoms with Crippen LogP contribution in [0, 0.1) is 5.92 Å². The summed E-state index contributed by atoms with van der Waals surface area (Å²) >= 11 is 2.02. The van der Waals surface area contributed by atoms with Crippen LogP contribution in [0.3, 0.4) is 0 Å². The van der Waals surface area contributed by atoms with Crippen molar-refractivity contribution in [3.63, 3.8) is 0 Å². The Kier molecular flexibility index (Phi) is 6.41. The van der Waals surface area contributed by atoms with Crippen molar-refractivity contribution in [1.29, 1.82) is 0 Å². The zero-order valence-corrected chi connectivity index (χ0v) is 15.1. The van der Waals surface area contributed by atoms with Crippen molar-refractivity contribution in [1.82, 2.24) is 9.62 Å². The van der Waals surface area contributed by atoms with Crippen LogP contribution in [0.5, 0.6) is 0 Å². The van der Waals surface area contributed by atoms with Crippen molar-refractivity contribution in [2.24, 2.45) is 5.92 Å². The molecule has 0 bridgehead atoms. The molecule has 0 radical (unpaired) electrons. The third kappa shape index (κ3) is 5.12. The molecule has 1 N–H and O–H groups in total. The van der Waals surface area contributed by atoms with Gasteiger partial charge in [0.15, 0.2) is 0 Å². The maximum absolute atomic E-state index is 11.7. The zero-order chi connectivity index (χ0) is 15.3. The number of rotatable bonds is 6. The average molecular weight is 335 g/mol. The molecule has 1 aliphatic carbocycles. The Morgan fingerprint density at radius 2 is 1.95 bits per heavy atom. The lowest BCUT2D eigenvalue weighted by Gasteiger charge is -2.37. The number of hydrogen-bond acceptors (Lipinski definition) is 4. The fourth-order valence-corrected chi connectivity index (χ4v) is 5.53. The summed E-state index contributed by atoms with van der Waals surface area (Å²) in [5.41, 5.74) is 0. The first-order valence-electron chi connectivity index (χ1n) is 8.16. The number of hydrogen-bond donors (Lipinski definition) is 1. The first kappa shape index (κ1) is 17.6. The van der Waals surface area contributed by atoms with E-state index in [0.717, 1.165) is 25.9 Å². The van der Waals surface area contributed by atoms with Gasteiger partial charge in [-0.15, -0.1) is 0 Å². The highest BCUT2D eigenvalue weighted by Gasteiger charge is 2.31. The van der Waals surface area contributed by atoms with Crippen LogP contribution in [0.15, 0.2) is 0 Å². The van der Waals surface area contributed by atoms with Crippen LogP contribution in [-0.4, -0.2) is 56.2 Å². The Hall–Kier alpha value is 0.220. The summed E-state index contributed by atoms with van der Waals surface area (Å²) in [5.74, 6) is 0.468. The SMILES string of the molecule is CSC1(CNCC2CCCN(S(C)(=O)=O)C2)CCCCC1. The van der Waals surface area contributed by atoms with E-state index in [2.05, 4.69) is 11.6 Å². The lowest BCUT2D eigenvalue weighted by Crippen LogP contribution is -2.45. The Balaban J connectivity index is 1.77. The monoisotopic (exact) mass is 334 g/mol. The number of piperidine rings is 1. The van der Waals surface area contributed by atoms with E-state index in [9.17, 15) is 8.42 Å². The molecular formula is C15H30N2O2S2. The lowest BCUT2D eigenvalue weighted by molar-refractivity contribution is 0.256. The predicted molar refractivity (Wildman–Crippen MR) is 91.3 cm³/mol. The molecule has 21 heavy (non-hydrogen) atoms. The number of nitrogens with zero attached hydrogens (tertiary/aromatic N) is 1. The molecule has 124 valence electrons. The van der Waals surface area contributed by atoms with Crippen molar-refractivity contribution >= 4 is 21.8 Å². The van der Waals surface area contributed by atoms with Crippen LogP contribution >= 0.6 is 11.8 Å². The largest absolute Gasteiger partial charge is 0.315 e. The normalized spacial score (nSPS) is 27.6. The molecule has 6 heteroatoms. The molecule has 0 aromatic carbocycles. The second-order valence-electron chi connectivity index (χ2n) is 6.71. The summed E-state index contributed by atoms with van der Waals surface area (Å²) in [6.45, 7) is 3.42. The molecule has 0 aromatic rings. The lowest BCUT2D eigenvalue weighted by atomic mass is 9.88. The molecule has 1 atom stereocenters. The van der Waals surface area contributed by atoms with Crippen LogP contribution in [0.2, 0.25) is 0 Å². The quantitative estimate of drug-likeness (QED) is 0.810. The van der Waals surface area contributed by atoms with E-state index in [1.54, 1.807) is 4.31 Å². The summed E-state index contributed by atoms with van der Waals surface area (Å²) in [5, 5.41) is 3.65. The van der Waals surface area contributed by atoms with Gasteiger partial charge in [0.1, 0.15) is 0 Å². The summed E-state index contributed by atoms with van der Waals surface area (Å²) in [6.07, 6.45) is 12.4. The van der Waals surface area contributed by atoms with Gasteiger partial charge >= 0.3 is 0 Å². The fourth-order valence-electron chi connectivity index (χ4n) is 3.65. The molecule has 4 nitrogen and oxygen atoms in total. The molecule has 1 saturated heterocycles. The van der Waals surface area contributed by atoms with E-state index in [1.807, 2.05) is 11.8 Å². The maximum atomic E-state index is 11.7. The van der Waals surface area contributed by atoms with Crippen LogP contribution in [0.25, 0.3) is 0 Å². The van der Waals surface area contributed by atoms with Gasteiger partial charge in [-0.25, -0.2) is 12.7 Å². The minimum absolute atomic E-state index is 0.420. The molecule has 0 amide bonds. The predicted octanol–water partition coefficient (Wildman–Crippen LogP) is 2.31. The van der Waals surface area contributed by atoms with Crippen molar-refractivity contribution < 1.29 is 8.42 Å². The Morgan fingerprint density at radius 1 is 1.24 bits per heavy atom. The fraction of sp³-hybridized carbons (Fsp3) is 1.00. The standard InChI is InChI=1S/C15H30N2O2S2/c1-20-15(8-4-3-5-9-15)13-16-11-14-7-6-10-17(12-14)21(2,18)19/h14,16H,3-13H2,1-2H3. The van der Waals surface area contributed by atoms with Crippen molar-refractivity contribution in [3.8, 4) is 0 Å². The second kappa shape index (κ2) is 7.66. The van der Waals surface area contributed by atoms with Crippen molar-refractivity contribution in [2.75, 3.05) is 38.7 Å². The first-order chi connectivity index (χ1) is 9.95. The smallest absolute Gasteiger partial charge is 0.211 e. The van der Waals surface area contributed by atoms with E-state index >= 15 is 0 Å². The second-order valence-corrected chi connectivity index (χ2v) is 9.96. The zero-order valence-electron chi connectivity index (χ0n) is 13.4. The average Bonchev–Trinajstić information content (AvgIpc) is 2.48. The summed E-state index contributed by atoms with van der Waals surface area (Å²) in [4.78, 5) is 0. The van der Waals surface area contributed by atoms with Crippen molar-refractivity contribution in [2.45, 2.75) is 49.7 Å². The minimum Gasteiger partial charge on any atom is -0.315 e. The number of sulfonamides is 1. The summed E-state index contributed by atoms with van der Waals surface area (Å²) in [6, 6.07) is 0. The molecule has 0 spiro atoms. The third-order valence-corrected chi connectivity index (χ3v) is 7.72. The molecule has 1 unspecified atom stereocenters. The summed E-state index contributed by atoms with van der Waals surface area (Å²) < 4.78 is 25.4. The number of thioether (sulfide) groups is 1. The van der Waals surface area contributed by atoms with Gasteiger partial charge in [-0.3, -0.25) is 0 Å². The molecule has 0 aromatic heterocycles. The van der Waals surface area contributed by atoms with Crippen LogP contribution < -0.4 is 5.32 Å². The highest BCUT2D eigenvalue weighted by molar-refractivity contribution is 8.00. The molecule has 2 rings (SSSR count). The minimum atomic E-state index is -3.02. The van der Waals surface area contributed by atoms with Gasteiger partial charge in [0.05, 0.1) is 6.26 Å². The first-order valence-corrected chi connectivity index (χ1v) is 11.2. The summed E-state index contributed by atoms with van der Waals surface area (Å²) in [7, 11) is -3.02. The Bertz CT molecular complexity index is 419. The van der Waals surface area contributed by atoms with Gasteiger partial charge in [0.2, 0.25) is 10.0 Å². The van der Waals surface area contributed by atoms with Gasteiger partial charge < -0.3 is 5.32 Å². The molecular weight excluding hydrogens is 304 g/mol. The van der Waals surface area contributed by atoms with Crippen LogP contribution in [0.4, 0.5) is 0 Å². The number of nitrogens with one attached hydrogen (secondary N) is 1. The van der Waals surface area contributed by atoms with Crippen LogP contribution in [-0.2, 0) is 10.0 Å².